The van der Waals surface area contributed by atoms with E-state index in [9.17, 15) is 0 Å². The molecule has 0 saturated carbocycles. The third kappa shape index (κ3) is 6.10. The van der Waals surface area contributed by atoms with E-state index in [0.717, 1.165) is 73.1 Å². The van der Waals surface area contributed by atoms with Crippen LogP contribution in [0.15, 0.2) is 170 Å². The van der Waals surface area contributed by atoms with Crippen molar-refractivity contribution in [1.82, 2.24) is 29.9 Å². The highest BCUT2D eigenvalue weighted by Gasteiger charge is 2.15. The molecule has 0 atom stereocenters. The zero-order valence-corrected chi connectivity index (χ0v) is 25.8. The van der Waals surface area contributed by atoms with E-state index in [1.54, 1.807) is 12.4 Å². The summed E-state index contributed by atoms with van der Waals surface area (Å²) in [6, 6.07) is 48.8. The number of aromatic nitrogens is 6. The summed E-state index contributed by atoms with van der Waals surface area (Å²) < 4.78 is 0. The second-order valence-electron chi connectivity index (χ2n) is 11.3. The minimum Gasteiger partial charge on any atom is -0.256 e. The smallest absolute Gasteiger partial charge is 0.160 e. The molecule has 3 aromatic carbocycles. The minimum absolute atomic E-state index is 0.611. The molecule has 0 fully saturated rings. The summed E-state index contributed by atoms with van der Waals surface area (Å²) in [5.74, 6) is 0.611. The van der Waals surface area contributed by atoms with Crippen molar-refractivity contribution in [2.24, 2.45) is 0 Å². The predicted molar refractivity (Wildman–Crippen MR) is 191 cm³/mol. The van der Waals surface area contributed by atoms with Gasteiger partial charge in [0.2, 0.25) is 0 Å². The third-order valence-electron chi connectivity index (χ3n) is 8.12. The monoisotopic (exact) mass is 616 g/mol. The zero-order chi connectivity index (χ0) is 32.1. The van der Waals surface area contributed by atoms with E-state index in [-0.39, 0.29) is 0 Å². The molecule has 5 heterocycles. The third-order valence-corrected chi connectivity index (χ3v) is 8.12. The molecule has 0 N–H and O–H groups in total. The summed E-state index contributed by atoms with van der Waals surface area (Å²) in [5, 5.41) is 0. The van der Waals surface area contributed by atoms with Crippen molar-refractivity contribution in [1.29, 1.82) is 0 Å². The summed E-state index contributed by atoms with van der Waals surface area (Å²) in [7, 11) is 0. The normalized spacial score (nSPS) is 10.9. The molecule has 8 aromatic rings. The molecule has 0 saturated heterocycles. The van der Waals surface area contributed by atoms with Gasteiger partial charge in [-0.15, -0.1) is 0 Å². The van der Waals surface area contributed by atoms with Gasteiger partial charge in [-0.3, -0.25) is 19.9 Å². The van der Waals surface area contributed by atoms with Crippen molar-refractivity contribution >= 4 is 0 Å². The number of hydrogen-bond acceptors (Lipinski definition) is 6. The van der Waals surface area contributed by atoms with E-state index >= 15 is 0 Å². The van der Waals surface area contributed by atoms with Crippen molar-refractivity contribution in [2.75, 3.05) is 0 Å². The quantitative estimate of drug-likeness (QED) is 0.177. The molecule has 6 nitrogen and oxygen atoms in total. The molecule has 0 aliphatic heterocycles. The number of nitrogens with zero attached hydrogens (tertiary/aromatic N) is 6. The minimum atomic E-state index is 0.611. The topological polar surface area (TPSA) is 77.3 Å². The van der Waals surface area contributed by atoms with Gasteiger partial charge in [0.15, 0.2) is 5.82 Å². The fourth-order valence-corrected chi connectivity index (χ4v) is 5.68. The SMILES string of the molecule is c1ccc(-c2ccc(-c3cc(-c4ccc(-c5ccccn5)cc4)nc(-c4cc(-c5ccccn5)cc(-c5ccccn5)c4)n3)cc2)nc1. The maximum atomic E-state index is 5.16. The lowest BCUT2D eigenvalue weighted by Crippen LogP contribution is -1.97. The molecule has 48 heavy (non-hydrogen) atoms. The Morgan fingerprint density at radius 3 is 0.896 bits per heavy atom. The first-order valence-electron chi connectivity index (χ1n) is 15.7. The Morgan fingerprint density at radius 2 is 0.562 bits per heavy atom. The largest absolute Gasteiger partial charge is 0.256 e. The van der Waals surface area contributed by atoms with E-state index < -0.39 is 0 Å². The van der Waals surface area contributed by atoms with Crippen LogP contribution >= 0.6 is 0 Å². The molecule has 0 aliphatic rings. The number of benzene rings is 3. The highest BCUT2D eigenvalue weighted by molar-refractivity contribution is 5.80. The van der Waals surface area contributed by atoms with Gasteiger partial charge in [0.1, 0.15) is 0 Å². The fraction of sp³-hybridized carbons (Fsp3) is 0. The molecule has 8 rings (SSSR count). The molecule has 226 valence electrons. The van der Waals surface area contributed by atoms with Gasteiger partial charge in [-0.25, -0.2) is 9.97 Å². The Morgan fingerprint density at radius 1 is 0.250 bits per heavy atom. The van der Waals surface area contributed by atoms with E-state index in [1.165, 1.54) is 0 Å². The second-order valence-corrected chi connectivity index (χ2v) is 11.3. The Labute approximate surface area is 278 Å². The lowest BCUT2D eigenvalue weighted by molar-refractivity contribution is 1.18. The molecule has 0 aliphatic carbocycles. The van der Waals surface area contributed by atoms with Gasteiger partial charge in [0, 0.05) is 63.7 Å². The summed E-state index contributed by atoms with van der Waals surface area (Å²) in [6.45, 7) is 0. The van der Waals surface area contributed by atoms with Crippen molar-refractivity contribution in [3.05, 3.63) is 170 Å². The number of hydrogen-bond donors (Lipinski definition) is 0. The van der Waals surface area contributed by atoms with Crippen molar-refractivity contribution in [2.45, 2.75) is 0 Å². The molecule has 5 aromatic heterocycles. The van der Waals surface area contributed by atoms with Crippen molar-refractivity contribution in [3.63, 3.8) is 0 Å². The van der Waals surface area contributed by atoms with Gasteiger partial charge in [0.25, 0.3) is 0 Å². The van der Waals surface area contributed by atoms with Gasteiger partial charge < -0.3 is 0 Å². The first kappa shape index (κ1) is 28.8. The van der Waals surface area contributed by atoms with Crippen LogP contribution in [-0.4, -0.2) is 29.9 Å². The van der Waals surface area contributed by atoms with E-state index in [1.807, 2.05) is 85.2 Å². The lowest BCUT2D eigenvalue weighted by Gasteiger charge is -2.13. The van der Waals surface area contributed by atoms with Crippen LogP contribution in [0, 0.1) is 0 Å². The predicted octanol–water partition coefficient (Wildman–Crippen LogP) is 9.73. The maximum absolute atomic E-state index is 5.16. The van der Waals surface area contributed by atoms with Gasteiger partial charge >= 0.3 is 0 Å². The van der Waals surface area contributed by atoms with Crippen molar-refractivity contribution in [3.8, 4) is 78.9 Å². The number of pyridine rings is 4. The Bertz CT molecular complexity index is 2130. The van der Waals surface area contributed by atoms with Crippen LogP contribution in [-0.2, 0) is 0 Å². The van der Waals surface area contributed by atoms with E-state index in [0.29, 0.717) is 5.82 Å². The second kappa shape index (κ2) is 13.0. The maximum Gasteiger partial charge on any atom is 0.160 e. The van der Waals surface area contributed by atoms with Gasteiger partial charge in [-0.05, 0) is 72.8 Å². The Hall–Kier alpha value is -6.66. The Balaban J connectivity index is 1.28. The van der Waals surface area contributed by atoms with Crippen LogP contribution < -0.4 is 0 Å². The fourth-order valence-electron chi connectivity index (χ4n) is 5.68. The first-order valence-corrected chi connectivity index (χ1v) is 15.7. The number of rotatable bonds is 7. The molecule has 0 radical (unpaired) electrons. The van der Waals surface area contributed by atoms with E-state index in [2.05, 4.69) is 92.7 Å². The molecule has 0 bridgehead atoms. The molecular weight excluding hydrogens is 589 g/mol. The highest BCUT2D eigenvalue weighted by atomic mass is 14.9. The summed E-state index contributed by atoms with van der Waals surface area (Å²) in [5.41, 5.74) is 12.1. The summed E-state index contributed by atoms with van der Waals surface area (Å²) in [4.78, 5) is 28.6. The molecule has 0 amide bonds. The standard InChI is InChI=1S/C42H28N6/c1-5-21-43-36(9-1)29-13-17-31(18-14-29)40-28-41(32-19-15-30(16-20-32)37-10-2-6-22-44-37)48-42(47-40)35-26-33(38-11-3-7-23-45-38)25-34(27-35)39-12-4-8-24-46-39/h1-28H. The van der Waals surface area contributed by atoms with Crippen LogP contribution in [0.2, 0.25) is 0 Å². The molecule has 0 spiro atoms. The first-order chi connectivity index (χ1) is 23.8. The highest BCUT2D eigenvalue weighted by Crippen LogP contribution is 2.34. The van der Waals surface area contributed by atoms with Crippen LogP contribution in [0.25, 0.3) is 78.9 Å². The average molecular weight is 617 g/mol. The molecular formula is C42H28N6. The van der Waals surface area contributed by atoms with Crippen LogP contribution in [0.4, 0.5) is 0 Å². The zero-order valence-electron chi connectivity index (χ0n) is 25.8. The van der Waals surface area contributed by atoms with E-state index in [4.69, 9.17) is 9.97 Å². The van der Waals surface area contributed by atoms with Crippen LogP contribution in [0.1, 0.15) is 0 Å². The van der Waals surface area contributed by atoms with Gasteiger partial charge in [-0.2, -0.15) is 0 Å². The summed E-state index contributed by atoms with van der Waals surface area (Å²) >= 11 is 0. The van der Waals surface area contributed by atoms with Gasteiger partial charge in [-0.1, -0.05) is 72.8 Å². The Kier molecular flexibility index (Phi) is 7.79. The molecule has 0 unspecified atom stereocenters. The van der Waals surface area contributed by atoms with Gasteiger partial charge in [0.05, 0.1) is 34.2 Å². The summed E-state index contributed by atoms with van der Waals surface area (Å²) in [6.07, 6.45) is 7.23. The van der Waals surface area contributed by atoms with Crippen LogP contribution in [0.5, 0.6) is 0 Å². The van der Waals surface area contributed by atoms with Crippen molar-refractivity contribution < 1.29 is 0 Å². The lowest BCUT2D eigenvalue weighted by atomic mass is 9.99. The van der Waals surface area contributed by atoms with Crippen LogP contribution in [0.3, 0.4) is 0 Å². The molecule has 6 heteroatoms. The average Bonchev–Trinajstić information content (AvgIpc) is 3.19.